The van der Waals surface area contributed by atoms with E-state index in [9.17, 15) is 0 Å². The monoisotopic (exact) mass is 264 g/mol. The zero-order chi connectivity index (χ0) is 14.1. The smallest absolute Gasteiger partial charge is 0.0623 e. The highest BCUT2D eigenvalue weighted by Crippen LogP contribution is 2.18. The van der Waals surface area contributed by atoms with Gasteiger partial charge < -0.3 is 10.1 Å². The van der Waals surface area contributed by atoms with Crippen LogP contribution in [0.1, 0.15) is 45.7 Å². The third-order valence-electron chi connectivity index (χ3n) is 3.51. The van der Waals surface area contributed by atoms with E-state index in [-0.39, 0.29) is 5.60 Å². The molecule has 3 heteroatoms. The van der Waals surface area contributed by atoms with Crippen molar-refractivity contribution >= 4 is 0 Å². The largest absolute Gasteiger partial charge is 0.379 e. The lowest BCUT2D eigenvalue weighted by Gasteiger charge is -2.26. The zero-order valence-corrected chi connectivity index (χ0v) is 12.8. The summed E-state index contributed by atoms with van der Waals surface area (Å²) in [4.78, 5) is 4.42. The second-order valence-corrected chi connectivity index (χ2v) is 5.68. The van der Waals surface area contributed by atoms with Crippen LogP contribution in [0.4, 0.5) is 0 Å². The Morgan fingerprint density at radius 3 is 2.74 bits per heavy atom. The molecule has 0 aliphatic carbocycles. The molecule has 0 radical (unpaired) electrons. The average Bonchev–Trinajstić information content (AvgIpc) is 2.43. The lowest BCUT2D eigenvalue weighted by atomic mass is 9.96. The summed E-state index contributed by atoms with van der Waals surface area (Å²) in [6, 6.07) is 6.59. The van der Waals surface area contributed by atoms with Gasteiger partial charge >= 0.3 is 0 Å². The van der Waals surface area contributed by atoms with Crippen molar-refractivity contribution in [1.82, 2.24) is 10.3 Å². The molecule has 1 unspecified atom stereocenters. The van der Waals surface area contributed by atoms with Crippen molar-refractivity contribution in [3.05, 3.63) is 30.1 Å². The molecule has 1 N–H and O–H groups in total. The van der Waals surface area contributed by atoms with Gasteiger partial charge in [0, 0.05) is 31.5 Å². The summed E-state index contributed by atoms with van der Waals surface area (Å²) in [6.45, 7) is 7.55. The third-order valence-corrected chi connectivity index (χ3v) is 3.51. The van der Waals surface area contributed by atoms with Crippen LogP contribution in [0.3, 0.4) is 0 Å². The SMILES string of the molecule is CCCNC(CCC(C)(C)OC)Cc1ccccn1. The summed E-state index contributed by atoms with van der Waals surface area (Å²) in [5, 5.41) is 3.62. The van der Waals surface area contributed by atoms with Gasteiger partial charge in [0.2, 0.25) is 0 Å². The molecule has 0 spiro atoms. The van der Waals surface area contributed by atoms with Crippen LogP contribution in [0, 0.1) is 0 Å². The lowest BCUT2D eigenvalue weighted by molar-refractivity contribution is 0.0117. The second-order valence-electron chi connectivity index (χ2n) is 5.68. The first kappa shape index (κ1) is 16.1. The van der Waals surface area contributed by atoms with Gasteiger partial charge in [-0.25, -0.2) is 0 Å². The quantitative estimate of drug-likeness (QED) is 0.743. The van der Waals surface area contributed by atoms with Crippen LogP contribution >= 0.6 is 0 Å². The van der Waals surface area contributed by atoms with Gasteiger partial charge in [-0.15, -0.1) is 0 Å². The molecular weight excluding hydrogens is 236 g/mol. The van der Waals surface area contributed by atoms with Crippen LogP contribution in [-0.4, -0.2) is 30.3 Å². The standard InChI is InChI=1S/C16H28N2O/c1-5-11-17-15(9-10-16(2,3)19-4)13-14-8-6-7-12-18-14/h6-8,12,15,17H,5,9-11,13H2,1-4H3. The first-order chi connectivity index (χ1) is 9.07. The van der Waals surface area contributed by atoms with E-state index in [0.717, 1.165) is 37.9 Å². The van der Waals surface area contributed by atoms with Gasteiger partial charge in [-0.05, 0) is 51.8 Å². The number of methoxy groups -OCH3 is 1. The van der Waals surface area contributed by atoms with Crippen LogP contribution in [0.5, 0.6) is 0 Å². The van der Waals surface area contributed by atoms with Crippen LogP contribution < -0.4 is 5.32 Å². The van der Waals surface area contributed by atoms with Gasteiger partial charge in [-0.1, -0.05) is 13.0 Å². The predicted molar refractivity (Wildman–Crippen MR) is 80.3 cm³/mol. The summed E-state index contributed by atoms with van der Waals surface area (Å²) >= 11 is 0. The van der Waals surface area contributed by atoms with E-state index in [2.05, 4.69) is 43.2 Å². The molecule has 19 heavy (non-hydrogen) atoms. The molecule has 0 aliphatic rings. The van der Waals surface area contributed by atoms with Crippen LogP contribution in [0.2, 0.25) is 0 Å². The van der Waals surface area contributed by atoms with E-state index < -0.39 is 0 Å². The molecule has 1 aromatic rings. The molecule has 108 valence electrons. The van der Waals surface area contributed by atoms with Gasteiger partial charge in [0.15, 0.2) is 0 Å². The number of aromatic nitrogens is 1. The Labute approximate surface area is 117 Å². The van der Waals surface area contributed by atoms with Crippen molar-refractivity contribution in [2.75, 3.05) is 13.7 Å². The molecule has 1 aromatic heterocycles. The van der Waals surface area contributed by atoms with E-state index in [1.54, 1.807) is 7.11 Å². The Morgan fingerprint density at radius 1 is 1.37 bits per heavy atom. The Hall–Kier alpha value is -0.930. The number of hydrogen-bond acceptors (Lipinski definition) is 3. The molecule has 0 bridgehead atoms. The van der Waals surface area contributed by atoms with Gasteiger partial charge in [0.1, 0.15) is 0 Å². The summed E-state index contributed by atoms with van der Waals surface area (Å²) in [5.41, 5.74) is 1.11. The molecule has 0 saturated heterocycles. The lowest BCUT2D eigenvalue weighted by Crippen LogP contribution is -2.35. The molecule has 1 atom stereocenters. The van der Waals surface area contributed by atoms with Crippen LogP contribution in [0.25, 0.3) is 0 Å². The van der Waals surface area contributed by atoms with Crippen molar-refractivity contribution < 1.29 is 4.74 Å². The fraction of sp³-hybridized carbons (Fsp3) is 0.688. The highest BCUT2D eigenvalue weighted by molar-refractivity contribution is 5.05. The summed E-state index contributed by atoms with van der Waals surface area (Å²) in [7, 11) is 1.78. The van der Waals surface area contributed by atoms with Crippen LogP contribution in [-0.2, 0) is 11.2 Å². The van der Waals surface area contributed by atoms with Gasteiger partial charge in [0.25, 0.3) is 0 Å². The minimum absolute atomic E-state index is 0.0454. The van der Waals surface area contributed by atoms with Crippen molar-refractivity contribution in [1.29, 1.82) is 0 Å². The van der Waals surface area contributed by atoms with Crippen molar-refractivity contribution in [3.8, 4) is 0 Å². The van der Waals surface area contributed by atoms with Gasteiger partial charge in [-0.2, -0.15) is 0 Å². The minimum atomic E-state index is -0.0454. The Balaban J connectivity index is 2.52. The molecule has 0 aromatic carbocycles. The zero-order valence-electron chi connectivity index (χ0n) is 12.8. The molecule has 0 amide bonds. The summed E-state index contributed by atoms with van der Waals surface area (Å²) in [6.07, 6.45) is 6.17. The van der Waals surface area contributed by atoms with Crippen molar-refractivity contribution in [3.63, 3.8) is 0 Å². The molecule has 1 rings (SSSR count). The average molecular weight is 264 g/mol. The Morgan fingerprint density at radius 2 is 2.16 bits per heavy atom. The first-order valence-corrected chi connectivity index (χ1v) is 7.26. The number of rotatable bonds is 9. The predicted octanol–water partition coefficient (Wildman–Crippen LogP) is 3.20. The number of hydrogen-bond donors (Lipinski definition) is 1. The van der Waals surface area contributed by atoms with E-state index in [0.29, 0.717) is 6.04 Å². The summed E-state index contributed by atoms with van der Waals surface area (Å²) in [5.74, 6) is 0. The number of nitrogens with zero attached hydrogens (tertiary/aromatic N) is 1. The Bertz CT molecular complexity index is 338. The fourth-order valence-corrected chi connectivity index (χ4v) is 2.02. The first-order valence-electron chi connectivity index (χ1n) is 7.26. The Kier molecular flexibility index (Phi) is 7.03. The van der Waals surface area contributed by atoms with E-state index >= 15 is 0 Å². The van der Waals surface area contributed by atoms with E-state index in [1.807, 2.05) is 12.3 Å². The highest BCUT2D eigenvalue weighted by atomic mass is 16.5. The molecule has 0 fully saturated rings. The number of ether oxygens (including phenoxy) is 1. The normalized spacial score (nSPS) is 13.5. The van der Waals surface area contributed by atoms with E-state index in [1.165, 1.54) is 0 Å². The van der Waals surface area contributed by atoms with Gasteiger partial charge in [0.05, 0.1) is 5.60 Å². The van der Waals surface area contributed by atoms with Crippen molar-refractivity contribution in [2.45, 2.75) is 58.1 Å². The molecular formula is C16H28N2O. The minimum Gasteiger partial charge on any atom is -0.379 e. The molecule has 0 saturated carbocycles. The third kappa shape index (κ3) is 6.69. The maximum Gasteiger partial charge on any atom is 0.0623 e. The molecule has 1 heterocycles. The highest BCUT2D eigenvalue weighted by Gasteiger charge is 2.19. The maximum atomic E-state index is 5.50. The molecule has 0 aliphatic heterocycles. The maximum absolute atomic E-state index is 5.50. The topological polar surface area (TPSA) is 34.1 Å². The summed E-state index contributed by atoms with van der Waals surface area (Å²) < 4.78 is 5.50. The number of nitrogens with one attached hydrogen (secondary N) is 1. The van der Waals surface area contributed by atoms with Crippen LogP contribution in [0.15, 0.2) is 24.4 Å². The van der Waals surface area contributed by atoms with Gasteiger partial charge in [-0.3, -0.25) is 4.98 Å². The fourth-order valence-electron chi connectivity index (χ4n) is 2.02. The molecule has 3 nitrogen and oxygen atoms in total. The number of pyridine rings is 1. The second kappa shape index (κ2) is 8.28. The van der Waals surface area contributed by atoms with Crippen molar-refractivity contribution in [2.24, 2.45) is 0 Å². The van der Waals surface area contributed by atoms with E-state index in [4.69, 9.17) is 4.74 Å².